The summed E-state index contributed by atoms with van der Waals surface area (Å²) >= 11 is 0. The van der Waals surface area contributed by atoms with E-state index in [1.165, 1.54) is 14.0 Å². The van der Waals surface area contributed by atoms with E-state index >= 15 is 0 Å². The normalized spacial score (nSPS) is 17.8. The van der Waals surface area contributed by atoms with Gasteiger partial charge in [-0.25, -0.2) is 21.6 Å². The van der Waals surface area contributed by atoms with Gasteiger partial charge in [0.2, 0.25) is 10.0 Å². The second kappa shape index (κ2) is 11.7. The molecule has 0 amide bonds. The van der Waals surface area contributed by atoms with E-state index in [1.807, 2.05) is 0 Å². The molecular weight excluding hydrogens is 538 g/mol. The summed E-state index contributed by atoms with van der Waals surface area (Å²) in [6.45, 7) is 1.79. The first-order valence-corrected chi connectivity index (χ1v) is 11.5. The highest BCUT2D eigenvalue weighted by atomic mass is 127. The first-order chi connectivity index (χ1) is 12.4. The third-order valence-corrected chi connectivity index (χ3v) is 7.03. The molecule has 1 aliphatic heterocycles. The molecule has 15 heteroatoms. The molecule has 3 N–H and O–H groups in total. The fraction of sp³-hybridized carbons (Fsp3) is 0.923. The van der Waals surface area contributed by atoms with E-state index < -0.39 is 25.6 Å². The second-order valence-electron chi connectivity index (χ2n) is 5.92. The van der Waals surface area contributed by atoms with Crippen molar-refractivity contribution in [2.24, 2.45) is 4.99 Å². The Hall–Kier alpha value is -0.390. The van der Waals surface area contributed by atoms with Crippen molar-refractivity contribution in [3.05, 3.63) is 0 Å². The zero-order valence-corrected chi connectivity index (χ0v) is 19.6. The van der Waals surface area contributed by atoms with Gasteiger partial charge in [-0.1, -0.05) is 0 Å². The number of nitrogens with one attached hydrogen (secondary N) is 3. The average Bonchev–Trinajstić information content (AvgIpc) is 2.59. The molecule has 1 saturated heterocycles. The number of hydrogen-bond acceptors (Lipinski definition) is 5. The molecule has 0 unspecified atom stereocenters. The minimum Gasteiger partial charge on any atom is -0.356 e. The zero-order valence-electron chi connectivity index (χ0n) is 15.6. The molecule has 0 aromatic rings. The maximum atomic E-state index is 12.6. The summed E-state index contributed by atoms with van der Waals surface area (Å²) in [7, 11) is -7.00. The lowest BCUT2D eigenvalue weighted by atomic mass is 10.1. The van der Waals surface area contributed by atoms with Crippen LogP contribution < -0.4 is 15.4 Å². The molecule has 9 nitrogen and oxygen atoms in total. The van der Waals surface area contributed by atoms with Crippen molar-refractivity contribution < 1.29 is 30.0 Å². The molecule has 1 rings (SSSR count). The van der Waals surface area contributed by atoms with Crippen molar-refractivity contribution in [2.45, 2.75) is 37.7 Å². The Morgan fingerprint density at radius 1 is 1.14 bits per heavy atom. The maximum absolute atomic E-state index is 12.6. The van der Waals surface area contributed by atoms with Crippen molar-refractivity contribution in [2.75, 3.05) is 39.0 Å². The van der Waals surface area contributed by atoms with Gasteiger partial charge in [0.15, 0.2) is 5.96 Å². The Morgan fingerprint density at radius 3 is 2.18 bits per heavy atom. The molecule has 1 heterocycles. The maximum Gasteiger partial charge on any atom is 0.511 e. The minimum absolute atomic E-state index is 0. The quantitative estimate of drug-likeness (QED) is 0.170. The number of piperidine rings is 1. The van der Waals surface area contributed by atoms with E-state index in [-0.39, 0.29) is 68.2 Å². The molecular formula is C13H27F3IN5O4S2. The van der Waals surface area contributed by atoms with Crippen LogP contribution in [0.3, 0.4) is 0 Å². The van der Waals surface area contributed by atoms with E-state index in [4.69, 9.17) is 0 Å². The van der Waals surface area contributed by atoms with Gasteiger partial charge in [0, 0.05) is 39.3 Å². The smallest absolute Gasteiger partial charge is 0.356 e. The topological polar surface area (TPSA) is 120 Å². The van der Waals surface area contributed by atoms with Gasteiger partial charge in [0.1, 0.15) is 0 Å². The van der Waals surface area contributed by atoms with Gasteiger partial charge in [-0.05, 0) is 26.2 Å². The summed E-state index contributed by atoms with van der Waals surface area (Å²) in [5.41, 5.74) is -5.29. The lowest BCUT2D eigenvalue weighted by molar-refractivity contribution is -0.0494. The van der Waals surface area contributed by atoms with Gasteiger partial charge in [-0.3, -0.25) is 4.99 Å². The molecule has 0 bridgehead atoms. The Kier molecular flexibility index (Phi) is 11.5. The average molecular weight is 565 g/mol. The predicted molar refractivity (Wildman–Crippen MR) is 112 cm³/mol. The molecule has 0 aliphatic carbocycles. The fourth-order valence-corrected chi connectivity index (χ4v) is 4.04. The highest BCUT2D eigenvalue weighted by molar-refractivity contribution is 14.0. The summed E-state index contributed by atoms with van der Waals surface area (Å²) in [4.78, 5) is 4.00. The molecule has 0 aromatic carbocycles. The van der Waals surface area contributed by atoms with E-state index in [9.17, 15) is 30.0 Å². The highest BCUT2D eigenvalue weighted by Gasteiger charge is 2.50. The van der Waals surface area contributed by atoms with Crippen molar-refractivity contribution >= 4 is 50.0 Å². The van der Waals surface area contributed by atoms with Gasteiger partial charge < -0.3 is 10.6 Å². The SMILES string of the molecule is CCS(=O)(=O)NCCCNC(=NC)NC1CCN(S(=O)(=O)C(F)(F)F)CC1.I. The molecule has 168 valence electrons. The molecule has 0 aromatic heterocycles. The van der Waals surface area contributed by atoms with E-state index in [0.717, 1.165) is 0 Å². The first kappa shape index (κ1) is 27.6. The Balaban J connectivity index is 0.00000729. The van der Waals surface area contributed by atoms with Crippen LogP contribution in [0.15, 0.2) is 4.99 Å². The Bertz CT molecular complexity index is 708. The summed E-state index contributed by atoms with van der Waals surface area (Å²) in [5.74, 6) is 0.428. The summed E-state index contributed by atoms with van der Waals surface area (Å²) in [6, 6.07) is -0.213. The third-order valence-electron chi connectivity index (χ3n) is 4.00. The number of halogens is 4. The minimum atomic E-state index is -5.29. The van der Waals surface area contributed by atoms with Crippen molar-refractivity contribution in [1.82, 2.24) is 19.7 Å². The highest BCUT2D eigenvalue weighted by Crippen LogP contribution is 2.28. The number of sulfonamides is 2. The molecule has 1 fully saturated rings. The van der Waals surface area contributed by atoms with Crippen molar-refractivity contribution in [3.8, 4) is 0 Å². The lowest BCUT2D eigenvalue weighted by Gasteiger charge is -2.32. The lowest BCUT2D eigenvalue weighted by Crippen LogP contribution is -2.51. The largest absolute Gasteiger partial charge is 0.511 e. The van der Waals surface area contributed by atoms with Crippen LogP contribution in [0.4, 0.5) is 13.2 Å². The monoisotopic (exact) mass is 565 g/mol. The van der Waals surface area contributed by atoms with Gasteiger partial charge in [0.05, 0.1) is 5.75 Å². The van der Waals surface area contributed by atoms with Crippen LogP contribution in [0.1, 0.15) is 26.2 Å². The van der Waals surface area contributed by atoms with Crippen LogP contribution in [0, 0.1) is 0 Å². The Morgan fingerprint density at radius 2 is 1.71 bits per heavy atom. The molecule has 0 atom stereocenters. The number of nitrogens with zero attached hydrogens (tertiary/aromatic N) is 2. The van der Waals surface area contributed by atoms with E-state index in [0.29, 0.717) is 23.2 Å². The van der Waals surface area contributed by atoms with Gasteiger partial charge in [-0.15, -0.1) is 24.0 Å². The standard InChI is InChI=1S/C13H26F3N5O4S2.HI/c1-3-26(22,23)19-8-4-7-18-12(17-2)20-11-5-9-21(10-6-11)27(24,25)13(14,15)16;/h11,19H,3-10H2,1-2H3,(H2,17,18,20);1H. The summed E-state index contributed by atoms with van der Waals surface area (Å²) in [6.07, 6.45) is 0.945. The van der Waals surface area contributed by atoms with E-state index in [2.05, 4.69) is 20.3 Å². The van der Waals surface area contributed by atoms with Crippen LogP contribution in [-0.2, 0) is 20.0 Å². The van der Waals surface area contributed by atoms with E-state index in [1.54, 1.807) is 0 Å². The first-order valence-electron chi connectivity index (χ1n) is 8.44. The molecule has 0 saturated carbocycles. The number of alkyl halides is 3. The van der Waals surface area contributed by atoms with Crippen LogP contribution in [-0.4, -0.2) is 77.6 Å². The molecule has 0 spiro atoms. The molecule has 28 heavy (non-hydrogen) atoms. The van der Waals surface area contributed by atoms with Crippen molar-refractivity contribution in [1.29, 1.82) is 0 Å². The van der Waals surface area contributed by atoms with Gasteiger partial charge in [-0.2, -0.15) is 17.5 Å². The van der Waals surface area contributed by atoms with Crippen molar-refractivity contribution in [3.63, 3.8) is 0 Å². The summed E-state index contributed by atoms with van der Waals surface area (Å²) in [5, 5.41) is 6.01. The fourth-order valence-electron chi connectivity index (χ4n) is 2.40. The molecule has 0 radical (unpaired) electrons. The van der Waals surface area contributed by atoms with Crippen LogP contribution in [0.5, 0.6) is 0 Å². The van der Waals surface area contributed by atoms with Crippen LogP contribution in [0.2, 0.25) is 0 Å². The van der Waals surface area contributed by atoms with Crippen LogP contribution in [0.25, 0.3) is 0 Å². The van der Waals surface area contributed by atoms with Gasteiger partial charge >= 0.3 is 15.5 Å². The number of guanidine groups is 1. The zero-order chi connectivity index (χ0) is 20.7. The number of aliphatic imine (C=N–C) groups is 1. The summed E-state index contributed by atoms with van der Waals surface area (Å²) < 4.78 is 85.9. The number of rotatable bonds is 8. The van der Waals surface area contributed by atoms with Crippen LogP contribution >= 0.6 is 24.0 Å². The third kappa shape index (κ3) is 8.54. The molecule has 1 aliphatic rings. The number of hydrogen-bond donors (Lipinski definition) is 3. The van der Waals surface area contributed by atoms with Gasteiger partial charge in [0.25, 0.3) is 0 Å². The Labute approximate surface area is 181 Å². The second-order valence-corrected chi connectivity index (χ2v) is 9.94. The predicted octanol–water partition coefficient (Wildman–Crippen LogP) is 0.413.